The van der Waals surface area contributed by atoms with Crippen molar-refractivity contribution in [2.45, 2.75) is 6.92 Å². The zero-order valence-electron chi connectivity index (χ0n) is 13.5. The predicted molar refractivity (Wildman–Crippen MR) is 96.5 cm³/mol. The van der Waals surface area contributed by atoms with Crippen LogP contribution in [0.3, 0.4) is 0 Å². The van der Waals surface area contributed by atoms with Gasteiger partial charge >= 0.3 is 0 Å². The van der Waals surface area contributed by atoms with E-state index in [4.69, 9.17) is 5.73 Å². The largest absolute Gasteiger partial charge is 0.399 e. The Morgan fingerprint density at radius 3 is 2.44 bits per heavy atom. The van der Waals surface area contributed by atoms with Gasteiger partial charge < -0.3 is 21.4 Å². The van der Waals surface area contributed by atoms with E-state index < -0.39 is 11.8 Å². The average Bonchev–Trinajstić information content (AvgIpc) is 3.09. The van der Waals surface area contributed by atoms with E-state index in [2.05, 4.69) is 20.6 Å². The van der Waals surface area contributed by atoms with Crippen LogP contribution >= 0.6 is 0 Å². The van der Waals surface area contributed by atoms with E-state index in [9.17, 15) is 9.59 Å². The zero-order chi connectivity index (χ0) is 17.8. The molecule has 2 amide bonds. The molecule has 0 aliphatic heterocycles. The molecule has 0 aliphatic carbocycles. The Kier molecular flexibility index (Phi) is 4.47. The minimum absolute atomic E-state index is 0.0166. The third-order valence-corrected chi connectivity index (χ3v) is 3.64. The average molecular weight is 335 g/mol. The lowest BCUT2D eigenvalue weighted by Crippen LogP contribution is -2.20. The van der Waals surface area contributed by atoms with Crippen molar-refractivity contribution >= 4 is 28.9 Å². The number of hydrogen-bond donors (Lipinski definition) is 4. The summed E-state index contributed by atoms with van der Waals surface area (Å²) in [6, 6.07) is 14.1. The second kappa shape index (κ2) is 6.88. The zero-order valence-corrected chi connectivity index (χ0v) is 13.5. The van der Waals surface area contributed by atoms with E-state index in [1.807, 2.05) is 25.1 Å². The number of aromatic nitrogens is 2. The molecule has 7 heteroatoms. The number of para-hydroxylation sites is 1. The maximum absolute atomic E-state index is 12.5. The van der Waals surface area contributed by atoms with Crippen molar-refractivity contribution in [1.82, 2.24) is 9.97 Å². The Hall–Kier alpha value is -3.61. The van der Waals surface area contributed by atoms with Crippen LogP contribution in [0, 0.1) is 6.92 Å². The van der Waals surface area contributed by atoms with Crippen molar-refractivity contribution in [3.05, 3.63) is 71.8 Å². The van der Waals surface area contributed by atoms with Gasteiger partial charge in [-0.3, -0.25) is 9.59 Å². The summed E-state index contributed by atoms with van der Waals surface area (Å²) in [5.41, 5.74) is 8.48. The Morgan fingerprint density at radius 2 is 1.72 bits per heavy atom. The molecule has 0 atom stereocenters. The van der Waals surface area contributed by atoms with Gasteiger partial charge in [0.2, 0.25) is 0 Å². The topological polar surface area (TPSA) is 113 Å². The van der Waals surface area contributed by atoms with Crippen LogP contribution in [-0.2, 0) is 0 Å². The number of nitrogens with zero attached hydrogens (tertiary/aromatic N) is 1. The molecule has 3 rings (SSSR count). The standard InChI is InChI=1S/C18H17N5O2/c1-11-4-2-3-5-14(11)23-18(25)16-15(20-10-21-16)17(24)22-13-8-6-12(19)7-9-13/h2-10H,19H2,1H3,(H,20,21)(H,22,24)(H,23,25). The molecule has 1 aromatic heterocycles. The fraction of sp³-hybridized carbons (Fsp3) is 0.0556. The van der Waals surface area contributed by atoms with Crippen LogP contribution in [-0.4, -0.2) is 21.8 Å². The second-order valence-corrected chi connectivity index (χ2v) is 5.47. The van der Waals surface area contributed by atoms with Gasteiger partial charge in [-0.15, -0.1) is 0 Å². The van der Waals surface area contributed by atoms with Crippen molar-refractivity contribution in [1.29, 1.82) is 0 Å². The number of nitrogens with two attached hydrogens (primary N) is 1. The lowest BCUT2D eigenvalue weighted by Gasteiger charge is -2.08. The van der Waals surface area contributed by atoms with Gasteiger partial charge in [-0.1, -0.05) is 18.2 Å². The smallest absolute Gasteiger partial charge is 0.276 e. The normalized spacial score (nSPS) is 10.3. The van der Waals surface area contributed by atoms with Crippen LogP contribution in [0.15, 0.2) is 54.9 Å². The maximum Gasteiger partial charge on any atom is 0.276 e. The van der Waals surface area contributed by atoms with Gasteiger partial charge in [-0.2, -0.15) is 0 Å². The van der Waals surface area contributed by atoms with Crippen LogP contribution in [0.2, 0.25) is 0 Å². The lowest BCUT2D eigenvalue weighted by atomic mass is 10.2. The lowest BCUT2D eigenvalue weighted by molar-refractivity contribution is 0.0985. The number of amides is 2. The molecule has 25 heavy (non-hydrogen) atoms. The summed E-state index contributed by atoms with van der Waals surface area (Å²) in [5, 5.41) is 5.46. The summed E-state index contributed by atoms with van der Waals surface area (Å²) in [4.78, 5) is 31.5. The summed E-state index contributed by atoms with van der Waals surface area (Å²) in [6.07, 6.45) is 1.31. The molecule has 0 saturated carbocycles. The molecular weight excluding hydrogens is 318 g/mol. The molecule has 2 aromatic carbocycles. The summed E-state index contributed by atoms with van der Waals surface area (Å²) < 4.78 is 0. The Labute approximate surface area is 144 Å². The SMILES string of the molecule is Cc1ccccc1NC(=O)c1[nH]cnc1C(=O)Nc1ccc(N)cc1. The van der Waals surface area contributed by atoms with E-state index in [-0.39, 0.29) is 11.4 Å². The summed E-state index contributed by atoms with van der Waals surface area (Å²) in [6.45, 7) is 1.89. The van der Waals surface area contributed by atoms with Gasteiger partial charge in [-0.05, 0) is 42.8 Å². The molecular formula is C18H17N5O2. The highest BCUT2D eigenvalue weighted by molar-refractivity contribution is 6.13. The van der Waals surface area contributed by atoms with Gasteiger partial charge in [0.1, 0.15) is 5.69 Å². The number of carbonyl (C=O) groups excluding carboxylic acids is 2. The first-order valence-electron chi connectivity index (χ1n) is 7.62. The summed E-state index contributed by atoms with van der Waals surface area (Å²) >= 11 is 0. The van der Waals surface area contributed by atoms with Gasteiger partial charge in [-0.25, -0.2) is 4.98 Å². The highest BCUT2D eigenvalue weighted by atomic mass is 16.2. The van der Waals surface area contributed by atoms with Crippen molar-refractivity contribution in [3.63, 3.8) is 0 Å². The monoisotopic (exact) mass is 335 g/mol. The number of nitrogens with one attached hydrogen (secondary N) is 3. The number of H-pyrrole nitrogens is 1. The third-order valence-electron chi connectivity index (χ3n) is 3.64. The first-order valence-corrected chi connectivity index (χ1v) is 7.62. The van der Waals surface area contributed by atoms with Gasteiger partial charge in [0, 0.05) is 17.1 Å². The summed E-state index contributed by atoms with van der Waals surface area (Å²) in [5.74, 6) is -0.921. The molecule has 0 spiro atoms. The van der Waals surface area contributed by atoms with Crippen LogP contribution in [0.25, 0.3) is 0 Å². The van der Waals surface area contributed by atoms with Crippen molar-refractivity contribution < 1.29 is 9.59 Å². The van der Waals surface area contributed by atoms with Gasteiger partial charge in [0.25, 0.3) is 11.8 Å². The maximum atomic E-state index is 12.5. The van der Waals surface area contributed by atoms with Gasteiger partial charge in [0.15, 0.2) is 5.69 Å². The second-order valence-electron chi connectivity index (χ2n) is 5.47. The van der Waals surface area contributed by atoms with E-state index >= 15 is 0 Å². The van der Waals surface area contributed by atoms with E-state index in [0.29, 0.717) is 17.1 Å². The molecule has 0 saturated heterocycles. The fourth-order valence-corrected chi connectivity index (χ4v) is 2.29. The summed E-state index contributed by atoms with van der Waals surface area (Å²) in [7, 11) is 0. The fourth-order valence-electron chi connectivity index (χ4n) is 2.29. The first-order chi connectivity index (χ1) is 12.0. The van der Waals surface area contributed by atoms with Crippen molar-refractivity contribution in [2.75, 3.05) is 16.4 Å². The molecule has 0 bridgehead atoms. The number of nitrogen functional groups attached to an aromatic ring is 1. The Balaban J connectivity index is 1.77. The molecule has 0 fully saturated rings. The molecule has 126 valence electrons. The number of rotatable bonds is 4. The van der Waals surface area contributed by atoms with E-state index in [1.165, 1.54) is 6.33 Å². The molecule has 0 radical (unpaired) electrons. The highest BCUT2D eigenvalue weighted by Crippen LogP contribution is 2.16. The van der Waals surface area contributed by atoms with Crippen LogP contribution < -0.4 is 16.4 Å². The van der Waals surface area contributed by atoms with Crippen molar-refractivity contribution in [3.8, 4) is 0 Å². The number of aryl methyl sites for hydroxylation is 1. The number of anilines is 3. The Bertz CT molecular complexity index is 915. The molecule has 1 heterocycles. The molecule has 0 aliphatic rings. The highest BCUT2D eigenvalue weighted by Gasteiger charge is 2.21. The molecule has 0 unspecified atom stereocenters. The minimum Gasteiger partial charge on any atom is -0.399 e. The van der Waals surface area contributed by atoms with Crippen LogP contribution in [0.1, 0.15) is 26.5 Å². The third kappa shape index (κ3) is 3.66. The number of imidazole rings is 1. The van der Waals surface area contributed by atoms with Crippen molar-refractivity contribution in [2.24, 2.45) is 0 Å². The van der Waals surface area contributed by atoms with E-state index in [1.54, 1.807) is 30.3 Å². The quantitative estimate of drug-likeness (QED) is 0.549. The molecule has 5 N–H and O–H groups in total. The number of carbonyl (C=O) groups is 2. The molecule has 3 aromatic rings. The number of benzene rings is 2. The van der Waals surface area contributed by atoms with Crippen LogP contribution in [0.4, 0.5) is 17.1 Å². The minimum atomic E-state index is -0.485. The van der Waals surface area contributed by atoms with Crippen LogP contribution in [0.5, 0.6) is 0 Å². The predicted octanol–water partition coefficient (Wildman–Crippen LogP) is 2.80. The number of hydrogen-bond acceptors (Lipinski definition) is 4. The first kappa shape index (κ1) is 16.3. The van der Waals surface area contributed by atoms with Gasteiger partial charge in [0.05, 0.1) is 6.33 Å². The number of aromatic amines is 1. The van der Waals surface area contributed by atoms with E-state index in [0.717, 1.165) is 5.56 Å². The molecule has 7 nitrogen and oxygen atoms in total. The Morgan fingerprint density at radius 1 is 1.00 bits per heavy atom.